The Morgan fingerprint density at radius 1 is 1.07 bits per heavy atom. The number of nitrogens with zero attached hydrogens (tertiary/aromatic N) is 4. The van der Waals surface area contributed by atoms with Gasteiger partial charge in [0.15, 0.2) is 5.96 Å². The normalized spacial score (nSPS) is 15.8. The van der Waals surface area contributed by atoms with Crippen LogP contribution in [0.2, 0.25) is 5.02 Å². The average molecular weight is 436 g/mol. The van der Waals surface area contributed by atoms with Crippen LogP contribution in [-0.2, 0) is 16.6 Å². The molecule has 1 heterocycles. The van der Waals surface area contributed by atoms with Gasteiger partial charge < -0.3 is 15.5 Å². The molecule has 7 nitrogen and oxygen atoms in total. The van der Waals surface area contributed by atoms with Gasteiger partial charge in [0.05, 0.1) is 11.4 Å². The van der Waals surface area contributed by atoms with Gasteiger partial charge in [-0.25, -0.2) is 17.7 Å². The van der Waals surface area contributed by atoms with Crippen molar-refractivity contribution in [2.24, 2.45) is 10.7 Å². The van der Waals surface area contributed by atoms with Gasteiger partial charge in [-0.1, -0.05) is 29.8 Å². The Morgan fingerprint density at radius 3 is 2.31 bits per heavy atom. The minimum atomic E-state index is -3.53. The number of benzene rings is 2. The van der Waals surface area contributed by atoms with Crippen LogP contribution in [0.5, 0.6) is 0 Å². The van der Waals surface area contributed by atoms with Crippen molar-refractivity contribution in [2.75, 3.05) is 45.2 Å². The Morgan fingerprint density at radius 2 is 1.69 bits per heavy atom. The lowest BCUT2D eigenvalue weighted by molar-refractivity contribution is 0.380. The quantitative estimate of drug-likeness (QED) is 0.575. The van der Waals surface area contributed by atoms with E-state index in [0.29, 0.717) is 11.5 Å². The Hall–Kier alpha value is -2.29. The molecule has 29 heavy (non-hydrogen) atoms. The smallest absolute Gasteiger partial charge is 0.242 e. The van der Waals surface area contributed by atoms with Crippen molar-refractivity contribution in [2.45, 2.75) is 11.4 Å². The number of anilines is 1. The van der Waals surface area contributed by atoms with Crippen molar-refractivity contribution in [1.82, 2.24) is 9.21 Å². The molecule has 0 aromatic heterocycles. The van der Waals surface area contributed by atoms with E-state index in [-0.39, 0.29) is 11.4 Å². The maximum atomic E-state index is 12.5. The number of nitrogens with two attached hydrogens (primary N) is 1. The molecule has 0 spiro atoms. The molecule has 3 rings (SSSR count). The van der Waals surface area contributed by atoms with Crippen molar-refractivity contribution in [3.8, 4) is 0 Å². The first-order valence-corrected chi connectivity index (χ1v) is 11.2. The Bertz CT molecular complexity index is 969. The number of aliphatic imine (C=N–C) groups is 1. The van der Waals surface area contributed by atoms with Crippen molar-refractivity contribution >= 4 is 33.3 Å². The molecule has 0 aliphatic carbocycles. The highest BCUT2D eigenvalue weighted by Crippen LogP contribution is 2.21. The third-order valence-corrected chi connectivity index (χ3v) is 7.11. The first-order valence-electron chi connectivity index (χ1n) is 9.35. The fourth-order valence-corrected chi connectivity index (χ4v) is 4.43. The van der Waals surface area contributed by atoms with E-state index in [1.807, 2.05) is 29.2 Å². The molecule has 0 unspecified atom stereocenters. The second-order valence-corrected chi connectivity index (χ2v) is 9.58. The fraction of sp³-hybridized carbons (Fsp3) is 0.350. The zero-order chi connectivity index (χ0) is 21.0. The molecule has 0 atom stereocenters. The second-order valence-electron chi connectivity index (χ2n) is 7.02. The summed E-state index contributed by atoms with van der Waals surface area (Å²) >= 11 is 5.96. The number of guanidine groups is 1. The fourth-order valence-electron chi connectivity index (χ4n) is 3.19. The standard InChI is InChI=1S/C20H26ClN5O2S/c1-24(2)29(27,28)19-6-4-3-5-16(19)15-23-20(22)26-13-11-25(12-14-26)18-9-7-17(21)8-10-18/h3-10H,11-15H2,1-2H3,(H2,22,23). The molecule has 0 amide bonds. The highest BCUT2D eigenvalue weighted by molar-refractivity contribution is 7.89. The van der Waals surface area contributed by atoms with Crippen molar-refractivity contribution < 1.29 is 8.42 Å². The monoisotopic (exact) mass is 435 g/mol. The molecular weight excluding hydrogens is 410 g/mol. The van der Waals surface area contributed by atoms with Crippen LogP contribution in [0.4, 0.5) is 5.69 Å². The van der Waals surface area contributed by atoms with E-state index in [9.17, 15) is 8.42 Å². The van der Waals surface area contributed by atoms with Gasteiger partial charge in [0.2, 0.25) is 10.0 Å². The average Bonchev–Trinajstić information content (AvgIpc) is 2.73. The van der Waals surface area contributed by atoms with Gasteiger partial charge in [0.25, 0.3) is 0 Å². The van der Waals surface area contributed by atoms with E-state index in [2.05, 4.69) is 9.89 Å². The number of halogens is 1. The maximum Gasteiger partial charge on any atom is 0.242 e. The first kappa shape index (κ1) is 21.4. The molecule has 0 saturated carbocycles. The van der Waals surface area contributed by atoms with Crippen LogP contribution < -0.4 is 10.6 Å². The molecule has 2 aromatic carbocycles. The Kier molecular flexibility index (Phi) is 6.66. The highest BCUT2D eigenvalue weighted by Gasteiger charge is 2.21. The largest absolute Gasteiger partial charge is 0.370 e. The minimum absolute atomic E-state index is 0.215. The zero-order valence-electron chi connectivity index (χ0n) is 16.6. The molecule has 1 aliphatic heterocycles. The molecule has 156 valence electrons. The molecule has 1 aliphatic rings. The van der Waals surface area contributed by atoms with Crippen molar-refractivity contribution in [3.63, 3.8) is 0 Å². The molecule has 9 heteroatoms. The molecule has 0 radical (unpaired) electrons. The summed E-state index contributed by atoms with van der Waals surface area (Å²) in [5.74, 6) is 0.429. The summed E-state index contributed by atoms with van der Waals surface area (Å²) in [6, 6.07) is 14.7. The molecule has 2 N–H and O–H groups in total. The van der Waals surface area contributed by atoms with Crippen LogP contribution >= 0.6 is 11.6 Å². The van der Waals surface area contributed by atoms with E-state index in [0.717, 1.165) is 36.9 Å². The second kappa shape index (κ2) is 9.02. The summed E-state index contributed by atoms with van der Waals surface area (Å²) in [5, 5.41) is 0.723. The van der Waals surface area contributed by atoms with Gasteiger partial charge in [0, 0.05) is 51.0 Å². The van der Waals surface area contributed by atoms with Crippen LogP contribution in [0.3, 0.4) is 0 Å². The number of hydrogen-bond donors (Lipinski definition) is 1. The molecule has 2 aromatic rings. The van der Waals surface area contributed by atoms with Gasteiger partial charge in [-0.2, -0.15) is 0 Å². The molecular formula is C20H26ClN5O2S. The van der Waals surface area contributed by atoms with E-state index in [1.54, 1.807) is 24.3 Å². The first-order chi connectivity index (χ1) is 13.8. The highest BCUT2D eigenvalue weighted by atomic mass is 35.5. The van der Waals surface area contributed by atoms with Crippen LogP contribution in [0, 0.1) is 0 Å². The topological polar surface area (TPSA) is 82.2 Å². The van der Waals surface area contributed by atoms with Gasteiger partial charge in [-0.3, -0.25) is 0 Å². The van der Waals surface area contributed by atoms with Crippen LogP contribution in [-0.4, -0.2) is 63.9 Å². The van der Waals surface area contributed by atoms with Gasteiger partial charge in [0.1, 0.15) is 0 Å². The summed E-state index contributed by atoms with van der Waals surface area (Å²) in [6.07, 6.45) is 0. The predicted octanol–water partition coefficient (Wildman–Crippen LogP) is 2.23. The molecule has 0 bridgehead atoms. The summed E-state index contributed by atoms with van der Waals surface area (Å²) < 4.78 is 26.2. The third kappa shape index (κ3) is 5.01. The summed E-state index contributed by atoms with van der Waals surface area (Å²) in [4.78, 5) is 9.02. The minimum Gasteiger partial charge on any atom is -0.370 e. The van der Waals surface area contributed by atoms with E-state index in [1.165, 1.54) is 18.4 Å². The third-order valence-electron chi connectivity index (χ3n) is 4.94. The SMILES string of the molecule is CN(C)S(=O)(=O)c1ccccc1CN=C(N)N1CCN(c2ccc(Cl)cc2)CC1. The summed E-state index contributed by atoms with van der Waals surface area (Å²) in [6.45, 7) is 3.35. The lowest BCUT2D eigenvalue weighted by Crippen LogP contribution is -2.51. The maximum absolute atomic E-state index is 12.5. The van der Waals surface area contributed by atoms with E-state index >= 15 is 0 Å². The number of rotatable bonds is 5. The molecule has 1 saturated heterocycles. The molecule has 1 fully saturated rings. The number of hydrogen-bond acceptors (Lipinski definition) is 4. The Labute approximate surface area is 177 Å². The number of sulfonamides is 1. The Balaban J connectivity index is 1.65. The van der Waals surface area contributed by atoms with Crippen LogP contribution in [0.15, 0.2) is 58.4 Å². The van der Waals surface area contributed by atoms with Crippen molar-refractivity contribution in [1.29, 1.82) is 0 Å². The number of piperazine rings is 1. The van der Waals surface area contributed by atoms with Gasteiger partial charge in [-0.05, 0) is 35.9 Å². The van der Waals surface area contributed by atoms with Crippen molar-refractivity contribution in [3.05, 3.63) is 59.1 Å². The van der Waals surface area contributed by atoms with E-state index in [4.69, 9.17) is 17.3 Å². The lowest BCUT2D eigenvalue weighted by atomic mass is 10.2. The lowest BCUT2D eigenvalue weighted by Gasteiger charge is -2.36. The van der Waals surface area contributed by atoms with Crippen LogP contribution in [0.1, 0.15) is 5.56 Å². The van der Waals surface area contributed by atoms with E-state index < -0.39 is 10.0 Å². The van der Waals surface area contributed by atoms with Gasteiger partial charge >= 0.3 is 0 Å². The predicted molar refractivity (Wildman–Crippen MR) is 118 cm³/mol. The zero-order valence-corrected chi connectivity index (χ0v) is 18.2. The summed E-state index contributed by atoms with van der Waals surface area (Å²) in [7, 11) is -0.492. The summed E-state index contributed by atoms with van der Waals surface area (Å²) in [5.41, 5.74) is 7.96. The van der Waals surface area contributed by atoms with Crippen LogP contribution in [0.25, 0.3) is 0 Å². The van der Waals surface area contributed by atoms with Gasteiger partial charge in [-0.15, -0.1) is 0 Å².